The van der Waals surface area contributed by atoms with E-state index in [1.807, 2.05) is 0 Å². The SMILES string of the molecule is CCNC(=NCC1(N(C)C)CCOCC1)NC(C)CCc1ccccc1. The summed E-state index contributed by atoms with van der Waals surface area (Å²) in [5, 5.41) is 6.97. The first-order valence-corrected chi connectivity index (χ1v) is 9.90. The molecule has 1 saturated heterocycles. The molecule has 146 valence electrons. The predicted molar refractivity (Wildman–Crippen MR) is 110 cm³/mol. The van der Waals surface area contributed by atoms with Gasteiger partial charge in [-0.05, 0) is 59.2 Å². The molecule has 2 N–H and O–H groups in total. The molecule has 5 nitrogen and oxygen atoms in total. The van der Waals surface area contributed by atoms with E-state index in [2.05, 4.69) is 73.8 Å². The van der Waals surface area contributed by atoms with Gasteiger partial charge in [0.1, 0.15) is 0 Å². The van der Waals surface area contributed by atoms with Gasteiger partial charge in [-0.3, -0.25) is 4.99 Å². The molecule has 2 rings (SSSR count). The van der Waals surface area contributed by atoms with Crippen molar-refractivity contribution in [2.75, 3.05) is 40.4 Å². The molecule has 1 unspecified atom stereocenters. The van der Waals surface area contributed by atoms with Crippen molar-refractivity contribution in [3.63, 3.8) is 0 Å². The van der Waals surface area contributed by atoms with E-state index in [9.17, 15) is 0 Å². The van der Waals surface area contributed by atoms with E-state index >= 15 is 0 Å². The number of ether oxygens (including phenoxy) is 1. The monoisotopic (exact) mass is 360 g/mol. The summed E-state index contributed by atoms with van der Waals surface area (Å²) in [5.41, 5.74) is 1.49. The van der Waals surface area contributed by atoms with Crippen LogP contribution in [-0.2, 0) is 11.2 Å². The molecule has 26 heavy (non-hydrogen) atoms. The Labute approximate surface area is 159 Å². The molecule has 0 radical (unpaired) electrons. The summed E-state index contributed by atoms with van der Waals surface area (Å²) >= 11 is 0. The van der Waals surface area contributed by atoms with Crippen LogP contribution in [0.4, 0.5) is 0 Å². The zero-order valence-electron chi connectivity index (χ0n) is 16.9. The van der Waals surface area contributed by atoms with Crippen LogP contribution in [-0.4, -0.2) is 62.8 Å². The minimum absolute atomic E-state index is 0.105. The van der Waals surface area contributed by atoms with Crippen LogP contribution < -0.4 is 10.6 Å². The quantitative estimate of drug-likeness (QED) is 0.553. The van der Waals surface area contributed by atoms with Crippen LogP contribution in [0.15, 0.2) is 35.3 Å². The number of rotatable bonds is 8. The van der Waals surface area contributed by atoms with E-state index in [4.69, 9.17) is 9.73 Å². The van der Waals surface area contributed by atoms with E-state index in [0.717, 1.165) is 57.9 Å². The van der Waals surface area contributed by atoms with Gasteiger partial charge in [0.05, 0.1) is 6.54 Å². The molecule has 5 heteroatoms. The number of hydrogen-bond donors (Lipinski definition) is 2. The lowest BCUT2D eigenvalue weighted by Crippen LogP contribution is -2.52. The van der Waals surface area contributed by atoms with Crippen LogP contribution in [0, 0.1) is 0 Å². The number of nitrogens with zero attached hydrogens (tertiary/aromatic N) is 2. The number of likely N-dealkylation sites (N-methyl/N-ethyl adjacent to an activating group) is 1. The highest BCUT2D eigenvalue weighted by Crippen LogP contribution is 2.26. The number of aryl methyl sites for hydroxylation is 1. The summed E-state index contributed by atoms with van der Waals surface area (Å²) in [5.74, 6) is 0.917. The molecule has 1 heterocycles. The fourth-order valence-corrected chi connectivity index (χ4v) is 3.38. The Morgan fingerprint density at radius 1 is 1.23 bits per heavy atom. The van der Waals surface area contributed by atoms with Crippen LogP contribution in [0.2, 0.25) is 0 Å². The molecule has 0 amide bonds. The second kappa shape index (κ2) is 10.5. The van der Waals surface area contributed by atoms with Crippen molar-refractivity contribution in [2.24, 2.45) is 4.99 Å². The van der Waals surface area contributed by atoms with Crippen molar-refractivity contribution in [3.05, 3.63) is 35.9 Å². The van der Waals surface area contributed by atoms with Crippen molar-refractivity contribution in [1.82, 2.24) is 15.5 Å². The fourth-order valence-electron chi connectivity index (χ4n) is 3.38. The molecular formula is C21H36N4O. The Morgan fingerprint density at radius 2 is 1.92 bits per heavy atom. The van der Waals surface area contributed by atoms with Gasteiger partial charge < -0.3 is 20.3 Å². The van der Waals surface area contributed by atoms with Crippen molar-refractivity contribution in [2.45, 2.75) is 51.1 Å². The highest BCUT2D eigenvalue weighted by molar-refractivity contribution is 5.80. The van der Waals surface area contributed by atoms with E-state index in [1.165, 1.54) is 5.56 Å². The van der Waals surface area contributed by atoms with Gasteiger partial charge in [-0.25, -0.2) is 0 Å². The van der Waals surface area contributed by atoms with Gasteiger partial charge in [-0.15, -0.1) is 0 Å². The second-order valence-electron chi connectivity index (χ2n) is 7.50. The van der Waals surface area contributed by atoms with Crippen molar-refractivity contribution in [1.29, 1.82) is 0 Å². The maximum Gasteiger partial charge on any atom is 0.191 e. The van der Waals surface area contributed by atoms with E-state index in [1.54, 1.807) is 0 Å². The van der Waals surface area contributed by atoms with Crippen molar-refractivity contribution < 1.29 is 4.74 Å². The Balaban J connectivity index is 1.92. The predicted octanol–water partition coefficient (Wildman–Crippen LogP) is 2.67. The van der Waals surface area contributed by atoms with Crippen LogP contribution in [0.1, 0.15) is 38.7 Å². The molecule has 0 bridgehead atoms. The summed E-state index contributed by atoms with van der Waals surface area (Å²) in [6, 6.07) is 11.0. The first kappa shape index (κ1) is 20.7. The van der Waals surface area contributed by atoms with Gasteiger partial charge in [0.15, 0.2) is 5.96 Å². The lowest BCUT2D eigenvalue weighted by atomic mass is 9.89. The molecule has 1 aromatic rings. The van der Waals surface area contributed by atoms with E-state index < -0.39 is 0 Å². The summed E-state index contributed by atoms with van der Waals surface area (Å²) in [7, 11) is 4.31. The molecule has 1 aromatic carbocycles. The van der Waals surface area contributed by atoms with Crippen LogP contribution in [0.5, 0.6) is 0 Å². The summed E-state index contributed by atoms with van der Waals surface area (Å²) < 4.78 is 5.56. The van der Waals surface area contributed by atoms with Gasteiger partial charge in [0, 0.05) is 31.3 Å². The van der Waals surface area contributed by atoms with Crippen molar-refractivity contribution in [3.8, 4) is 0 Å². The fraction of sp³-hybridized carbons (Fsp3) is 0.667. The first-order valence-electron chi connectivity index (χ1n) is 9.90. The third-order valence-electron chi connectivity index (χ3n) is 5.34. The maximum atomic E-state index is 5.56. The number of nitrogens with one attached hydrogen (secondary N) is 2. The largest absolute Gasteiger partial charge is 0.381 e. The van der Waals surface area contributed by atoms with Crippen LogP contribution >= 0.6 is 0 Å². The normalized spacial score (nSPS) is 18.6. The molecule has 1 atom stereocenters. The summed E-state index contributed by atoms with van der Waals surface area (Å²) in [6.45, 7) is 7.66. The molecule has 0 aromatic heterocycles. The number of guanidine groups is 1. The Hall–Kier alpha value is -1.59. The smallest absolute Gasteiger partial charge is 0.191 e. The molecule has 0 saturated carbocycles. The highest BCUT2D eigenvalue weighted by atomic mass is 16.5. The standard InChI is InChI=1S/C21H36N4O/c1-5-22-20(23-17-21(25(3)4)13-15-26-16-14-21)24-18(2)11-12-19-9-7-6-8-10-19/h6-10,18H,5,11-17H2,1-4H3,(H2,22,23,24). The molecule has 1 aliphatic rings. The first-order chi connectivity index (χ1) is 12.6. The average molecular weight is 361 g/mol. The van der Waals surface area contributed by atoms with Gasteiger partial charge >= 0.3 is 0 Å². The lowest BCUT2D eigenvalue weighted by molar-refractivity contribution is -0.00255. The maximum absolute atomic E-state index is 5.56. The second-order valence-corrected chi connectivity index (χ2v) is 7.50. The Kier molecular flexibility index (Phi) is 8.39. The minimum atomic E-state index is 0.105. The van der Waals surface area contributed by atoms with Crippen LogP contribution in [0.25, 0.3) is 0 Å². The van der Waals surface area contributed by atoms with Gasteiger partial charge in [-0.1, -0.05) is 30.3 Å². The van der Waals surface area contributed by atoms with E-state index in [-0.39, 0.29) is 5.54 Å². The van der Waals surface area contributed by atoms with Gasteiger partial charge in [0.2, 0.25) is 0 Å². The molecule has 1 aliphatic heterocycles. The Bertz CT molecular complexity index is 538. The van der Waals surface area contributed by atoms with Gasteiger partial charge in [-0.2, -0.15) is 0 Å². The lowest BCUT2D eigenvalue weighted by Gasteiger charge is -2.41. The number of hydrogen-bond acceptors (Lipinski definition) is 3. The van der Waals surface area contributed by atoms with Crippen molar-refractivity contribution >= 4 is 5.96 Å². The zero-order chi connectivity index (χ0) is 18.8. The third-order valence-corrected chi connectivity index (χ3v) is 5.34. The summed E-state index contributed by atoms with van der Waals surface area (Å²) in [6.07, 6.45) is 4.23. The topological polar surface area (TPSA) is 48.9 Å². The number of aliphatic imine (C=N–C) groups is 1. The van der Waals surface area contributed by atoms with Crippen LogP contribution in [0.3, 0.4) is 0 Å². The van der Waals surface area contributed by atoms with Gasteiger partial charge in [0.25, 0.3) is 0 Å². The molecule has 0 aliphatic carbocycles. The molecule has 0 spiro atoms. The highest BCUT2D eigenvalue weighted by Gasteiger charge is 2.34. The average Bonchev–Trinajstić information content (AvgIpc) is 2.66. The Morgan fingerprint density at radius 3 is 2.54 bits per heavy atom. The van der Waals surface area contributed by atoms with E-state index in [0.29, 0.717) is 6.04 Å². The summed E-state index contributed by atoms with van der Waals surface area (Å²) in [4.78, 5) is 7.24. The molecular weight excluding hydrogens is 324 g/mol. The number of benzene rings is 1. The zero-order valence-corrected chi connectivity index (χ0v) is 16.9. The third kappa shape index (κ3) is 6.29. The minimum Gasteiger partial charge on any atom is -0.381 e. The molecule has 1 fully saturated rings.